The lowest BCUT2D eigenvalue weighted by molar-refractivity contribution is 0.102. The third-order valence-corrected chi connectivity index (χ3v) is 3.61. The smallest absolute Gasteiger partial charge is 0.257 e. The zero-order chi connectivity index (χ0) is 13.1. The van der Waals surface area contributed by atoms with E-state index in [4.69, 9.17) is 11.6 Å². The van der Waals surface area contributed by atoms with E-state index >= 15 is 0 Å². The summed E-state index contributed by atoms with van der Waals surface area (Å²) in [6.07, 6.45) is 0. The van der Waals surface area contributed by atoms with Gasteiger partial charge in [-0.15, -0.1) is 0 Å². The topological polar surface area (TPSA) is 29.1 Å². The summed E-state index contributed by atoms with van der Waals surface area (Å²) in [7, 11) is 0. The molecular weight excluding hydrogens is 321 g/mol. The van der Waals surface area contributed by atoms with E-state index in [1.54, 1.807) is 30.3 Å². The standard InChI is InChI=1S/C13H8BrClFNO/c14-9-5-3-4-8(12(9)15)13(18)17-11-7-2-1-6-10(11)16/h1-7H,(H,17,18). The Morgan fingerprint density at radius 1 is 1.17 bits per heavy atom. The number of hydrogen-bond acceptors (Lipinski definition) is 1. The Hall–Kier alpha value is -1.39. The Kier molecular flexibility index (Phi) is 3.99. The Balaban J connectivity index is 2.28. The number of nitrogens with one attached hydrogen (secondary N) is 1. The van der Waals surface area contributed by atoms with Gasteiger partial charge in [-0.25, -0.2) is 4.39 Å². The van der Waals surface area contributed by atoms with Crippen LogP contribution in [-0.4, -0.2) is 5.91 Å². The van der Waals surface area contributed by atoms with Crippen molar-refractivity contribution in [1.29, 1.82) is 0 Å². The third-order valence-electron chi connectivity index (χ3n) is 2.32. The predicted molar refractivity (Wildman–Crippen MR) is 73.5 cm³/mol. The zero-order valence-corrected chi connectivity index (χ0v) is 11.4. The SMILES string of the molecule is O=C(Nc1ccccc1F)c1cccc(Br)c1Cl. The van der Waals surface area contributed by atoms with Gasteiger partial charge in [0.1, 0.15) is 5.82 Å². The van der Waals surface area contributed by atoms with Crippen molar-refractivity contribution in [2.24, 2.45) is 0 Å². The van der Waals surface area contributed by atoms with Crippen LogP contribution in [0, 0.1) is 5.82 Å². The van der Waals surface area contributed by atoms with Crippen LogP contribution < -0.4 is 5.32 Å². The van der Waals surface area contributed by atoms with Crippen molar-refractivity contribution in [3.05, 3.63) is 63.3 Å². The second-order valence-corrected chi connectivity index (χ2v) is 4.77. The molecule has 0 saturated carbocycles. The first-order chi connectivity index (χ1) is 8.59. The predicted octanol–water partition coefficient (Wildman–Crippen LogP) is 4.49. The van der Waals surface area contributed by atoms with E-state index in [0.717, 1.165) is 0 Å². The maximum absolute atomic E-state index is 13.4. The molecule has 0 aromatic heterocycles. The summed E-state index contributed by atoms with van der Waals surface area (Å²) in [6.45, 7) is 0. The van der Waals surface area contributed by atoms with Crippen molar-refractivity contribution in [2.75, 3.05) is 5.32 Å². The summed E-state index contributed by atoms with van der Waals surface area (Å²) in [5.41, 5.74) is 0.410. The van der Waals surface area contributed by atoms with Gasteiger partial charge < -0.3 is 5.32 Å². The summed E-state index contributed by atoms with van der Waals surface area (Å²) in [6, 6.07) is 10.9. The molecule has 0 aliphatic heterocycles. The fraction of sp³-hybridized carbons (Fsp3) is 0. The molecule has 0 atom stereocenters. The lowest BCUT2D eigenvalue weighted by atomic mass is 10.2. The fourth-order valence-electron chi connectivity index (χ4n) is 1.43. The number of halogens is 3. The Labute approximate surface area is 117 Å². The number of carbonyl (C=O) groups is 1. The monoisotopic (exact) mass is 327 g/mol. The average Bonchev–Trinajstić information content (AvgIpc) is 2.35. The molecule has 1 N–H and O–H groups in total. The van der Waals surface area contributed by atoms with Gasteiger partial charge in [-0.3, -0.25) is 4.79 Å². The van der Waals surface area contributed by atoms with Gasteiger partial charge in [-0.2, -0.15) is 0 Å². The molecule has 2 rings (SSSR count). The van der Waals surface area contributed by atoms with Crippen LogP contribution in [0.3, 0.4) is 0 Å². The second-order valence-electron chi connectivity index (χ2n) is 3.54. The molecule has 0 unspecified atom stereocenters. The van der Waals surface area contributed by atoms with E-state index in [9.17, 15) is 9.18 Å². The number of para-hydroxylation sites is 1. The highest BCUT2D eigenvalue weighted by Gasteiger charge is 2.13. The fourth-order valence-corrected chi connectivity index (χ4v) is 2.01. The highest BCUT2D eigenvalue weighted by Crippen LogP contribution is 2.26. The van der Waals surface area contributed by atoms with Gasteiger partial charge in [0.15, 0.2) is 0 Å². The summed E-state index contributed by atoms with van der Waals surface area (Å²) in [5, 5.41) is 2.77. The van der Waals surface area contributed by atoms with Crippen LogP contribution >= 0.6 is 27.5 Å². The van der Waals surface area contributed by atoms with E-state index in [1.165, 1.54) is 12.1 Å². The number of carbonyl (C=O) groups excluding carboxylic acids is 1. The highest BCUT2D eigenvalue weighted by molar-refractivity contribution is 9.10. The van der Waals surface area contributed by atoms with Gasteiger partial charge in [-0.1, -0.05) is 29.8 Å². The lowest BCUT2D eigenvalue weighted by Crippen LogP contribution is -2.13. The molecule has 0 radical (unpaired) electrons. The molecule has 2 aromatic rings. The molecule has 1 amide bonds. The number of amides is 1. The quantitative estimate of drug-likeness (QED) is 0.864. The number of rotatable bonds is 2. The Morgan fingerprint density at radius 3 is 2.61 bits per heavy atom. The summed E-state index contributed by atoms with van der Waals surface area (Å²) in [4.78, 5) is 12.0. The molecule has 0 fully saturated rings. The maximum atomic E-state index is 13.4. The first kappa shape index (κ1) is 13.1. The average molecular weight is 329 g/mol. The number of benzene rings is 2. The van der Waals surface area contributed by atoms with Crippen LogP contribution in [0.5, 0.6) is 0 Å². The van der Waals surface area contributed by atoms with Crippen LogP contribution in [0.2, 0.25) is 5.02 Å². The molecule has 92 valence electrons. The van der Waals surface area contributed by atoms with Crippen molar-refractivity contribution < 1.29 is 9.18 Å². The molecule has 0 bridgehead atoms. The molecule has 0 aliphatic carbocycles. The normalized spacial score (nSPS) is 10.2. The minimum absolute atomic E-state index is 0.124. The summed E-state index contributed by atoms with van der Waals surface area (Å²) in [5.74, 6) is -0.941. The second kappa shape index (κ2) is 5.50. The lowest BCUT2D eigenvalue weighted by Gasteiger charge is -2.08. The van der Waals surface area contributed by atoms with E-state index in [-0.39, 0.29) is 11.3 Å². The largest absolute Gasteiger partial charge is 0.319 e. The van der Waals surface area contributed by atoms with E-state index < -0.39 is 11.7 Å². The van der Waals surface area contributed by atoms with Gasteiger partial charge >= 0.3 is 0 Å². The molecule has 5 heteroatoms. The molecule has 0 heterocycles. The Morgan fingerprint density at radius 2 is 1.89 bits per heavy atom. The van der Waals surface area contributed by atoms with Crippen molar-refractivity contribution in [2.45, 2.75) is 0 Å². The molecular formula is C13H8BrClFNO. The van der Waals surface area contributed by atoms with Crippen molar-refractivity contribution in [3.63, 3.8) is 0 Å². The van der Waals surface area contributed by atoms with Gasteiger partial charge in [0.05, 0.1) is 16.3 Å². The van der Waals surface area contributed by atoms with Gasteiger partial charge in [0, 0.05) is 4.47 Å². The third kappa shape index (κ3) is 2.71. The van der Waals surface area contributed by atoms with Gasteiger partial charge in [0.25, 0.3) is 5.91 Å². The van der Waals surface area contributed by atoms with Crippen LogP contribution in [-0.2, 0) is 0 Å². The molecule has 0 spiro atoms. The van der Waals surface area contributed by atoms with Gasteiger partial charge in [0.2, 0.25) is 0 Å². The zero-order valence-electron chi connectivity index (χ0n) is 9.08. The first-order valence-electron chi connectivity index (χ1n) is 5.09. The van der Waals surface area contributed by atoms with Crippen molar-refractivity contribution >= 4 is 39.1 Å². The van der Waals surface area contributed by atoms with Crippen LogP contribution in [0.4, 0.5) is 10.1 Å². The number of hydrogen-bond donors (Lipinski definition) is 1. The minimum atomic E-state index is -0.489. The minimum Gasteiger partial charge on any atom is -0.319 e. The summed E-state index contributed by atoms with van der Waals surface area (Å²) >= 11 is 9.22. The molecule has 0 saturated heterocycles. The first-order valence-corrected chi connectivity index (χ1v) is 6.26. The Bertz CT molecular complexity index is 603. The van der Waals surface area contributed by atoms with Crippen LogP contribution in [0.25, 0.3) is 0 Å². The van der Waals surface area contributed by atoms with Crippen molar-refractivity contribution in [1.82, 2.24) is 0 Å². The van der Waals surface area contributed by atoms with Crippen LogP contribution in [0.15, 0.2) is 46.9 Å². The van der Waals surface area contributed by atoms with E-state index in [1.807, 2.05) is 0 Å². The molecule has 2 aromatic carbocycles. The van der Waals surface area contributed by atoms with E-state index in [0.29, 0.717) is 9.50 Å². The van der Waals surface area contributed by atoms with Crippen LogP contribution in [0.1, 0.15) is 10.4 Å². The molecule has 18 heavy (non-hydrogen) atoms. The number of anilines is 1. The highest BCUT2D eigenvalue weighted by atomic mass is 79.9. The summed E-state index contributed by atoms with van der Waals surface area (Å²) < 4.78 is 14.0. The van der Waals surface area contributed by atoms with Gasteiger partial charge in [-0.05, 0) is 40.2 Å². The molecule has 2 nitrogen and oxygen atoms in total. The van der Waals surface area contributed by atoms with Crippen molar-refractivity contribution in [3.8, 4) is 0 Å². The maximum Gasteiger partial charge on any atom is 0.257 e. The van der Waals surface area contributed by atoms with E-state index in [2.05, 4.69) is 21.2 Å². The molecule has 0 aliphatic rings.